The van der Waals surface area contributed by atoms with E-state index in [0.29, 0.717) is 6.42 Å². The summed E-state index contributed by atoms with van der Waals surface area (Å²) in [6.45, 7) is 3.48. The molecule has 0 saturated carbocycles. The zero-order valence-corrected chi connectivity index (χ0v) is 37.2. The van der Waals surface area contributed by atoms with E-state index in [1.54, 1.807) is 0 Å². The summed E-state index contributed by atoms with van der Waals surface area (Å²) in [4.78, 5) is 33.9. The van der Waals surface area contributed by atoms with Gasteiger partial charge in [0.05, 0.1) is 13.2 Å². The molecule has 0 radical (unpaired) electrons. The van der Waals surface area contributed by atoms with Crippen molar-refractivity contribution < 1.29 is 37.9 Å². The van der Waals surface area contributed by atoms with Crippen molar-refractivity contribution in [1.29, 1.82) is 0 Å². The van der Waals surface area contributed by atoms with Crippen LogP contribution in [0.15, 0.2) is 60.8 Å². The molecule has 0 rings (SSSR count). The van der Waals surface area contributed by atoms with Gasteiger partial charge >= 0.3 is 13.8 Å². The average molecular weight is 822 g/mol. The third-order valence-corrected chi connectivity index (χ3v) is 10.4. The molecule has 2 unspecified atom stereocenters. The molecule has 1 amide bonds. The second-order valence-corrected chi connectivity index (χ2v) is 16.5. The standard InChI is InChI=1S/C47H84NO8P/c1-3-5-7-9-11-13-15-17-19-21-22-24-25-27-29-31-33-35-37-39-46(50)48-41-42-55-57(52,53)56-44-45(49)43-54-47(51)40-38-36-34-32-30-28-26-23-20-18-16-14-12-10-8-6-4-2/h11,13,17-20,22,24,27,29,45,49H,3-10,12,14-16,21,23,25-26,28,30-44H2,1-2H3,(H,48,50)(H,52,53)/b13-11-,19-17-,20-18-,24-22-,29-27-. The van der Waals surface area contributed by atoms with Gasteiger partial charge in [-0.15, -0.1) is 0 Å². The molecule has 0 aromatic rings. The van der Waals surface area contributed by atoms with E-state index in [1.165, 1.54) is 89.9 Å². The van der Waals surface area contributed by atoms with Crippen LogP contribution in [-0.2, 0) is 27.9 Å². The summed E-state index contributed by atoms with van der Waals surface area (Å²) in [5.74, 6) is -0.553. The molecule has 0 spiro atoms. The lowest BCUT2D eigenvalue weighted by Crippen LogP contribution is -2.27. The molecule has 10 heteroatoms. The van der Waals surface area contributed by atoms with Crippen molar-refractivity contribution >= 4 is 19.7 Å². The lowest BCUT2D eigenvalue weighted by molar-refractivity contribution is -0.147. The maximum absolute atomic E-state index is 12.1. The molecule has 0 aliphatic rings. The lowest BCUT2D eigenvalue weighted by atomic mass is 10.1. The summed E-state index contributed by atoms with van der Waals surface area (Å²) < 4.78 is 26.9. The predicted molar refractivity (Wildman–Crippen MR) is 238 cm³/mol. The number of hydrogen-bond acceptors (Lipinski definition) is 7. The van der Waals surface area contributed by atoms with E-state index in [1.807, 2.05) is 0 Å². The molecule has 0 heterocycles. The Bertz CT molecular complexity index is 1120. The Morgan fingerprint density at radius 2 is 0.947 bits per heavy atom. The fourth-order valence-corrected chi connectivity index (χ4v) is 6.70. The minimum absolute atomic E-state index is 0.0616. The van der Waals surface area contributed by atoms with Gasteiger partial charge in [0, 0.05) is 19.4 Å². The van der Waals surface area contributed by atoms with Crippen LogP contribution in [-0.4, -0.2) is 54.3 Å². The van der Waals surface area contributed by atoms with Gasteiger partial charge < -0.3 is 20.1 Å². The molecule has 0 aliphatic carbocycles. The highest BCUT2D eigenvalue weighted by atomic mass is 31.2. The fraction of sp³-hybridized carbons (Fsp3) is 0.745. The Morgan fingerprint density at radius 1 is 0.544 bits per heavy atom. The van der Waals surface area contributed by atoms with Gasteiger partial charge in [0.2, 0.25) is 5.91 Å². The zero-order chi connectivity index (χ0) is 41.8. The number of aliphatic hydroxyl groups is 1. The summed E-state index contributed by atoms with van der Waals surface area (Å²) in [5, 5.41) is 12.7. The molecule has 0 saturated heterocycles. The molecule has 0 fully saturated rings. The van der Waals surface area contributed by atoms with Crippen molar-refractivity contribution in [3.8, 4) is 0 Å². The van der Waals surface area contributed by atoms with Crippen molar-refractivity contribution in [1.82, 2.24) is 5.32 Å². The van der Waals surface area contributed by atoms with Crippen LogP contribution >= 0.6 is 7.82 Å². The lowest BCUT2D eigenvalue weighted by Gasteiger charge is -2.15. The number of phosphoric ester groups is 1. The number of ether oxygens (including phenoxy) is 1. The SMILES string of the molecule is CCCCC/C=C\C/C=C\C/C=C\C/C=C\CCCCCC(=O)NCCOP(=O)(O)OCC(O)COC(=O)CCCCCCCCC/C=C\CCCCCCCC. The van der Waals surface area contributed by atoms with Crippen molar-refractivity contribution in [2.45, 2.75) is 200 Å². The highest BCUT2D eigenvalue weighted by Crippen LogP contribution is 2.42. The number of esters is 1. The van der Waals surface area contributed by atoms with Crippen LogP contribution < -0.4 is 5.32 Å². The quantitative estimate of drug-likeness (QED) is 0.0240. The summed E-state index contributed by atoms with van der Waals surface area (Å²) in [7, 11) is -4.43. The Labute approximate surface area is 348 Å². The van der Waals surface area contributed by atoms with Crippen LogP contribution in [0.1, 0.15) is 194 Å². The molecule has 0 aromatic carbocycles. The Balaban J connectivity index is 3.66. The van der Waals surface area contributed by atoms with Gasteiger partial charge in [0.1, 0.15) is 12.7 Å². The average Bonchev–Trinajstić information content (AvgIpc) is 3.20. The Hall–Kier alpha value is -2.29. The van der Waals surface area contributed by atoms with Gasteiger partial charge in [0.15, 0.2) is 0 Å². The normalized spacial score (nSPS) is 13.8. The van der Waals surface area contributed by atoms with Gasteiger partial charge in [0.25, 0.3) is 0 Å². The van der Waals surface area contributed by atoms with E-state index < -0.39 is 26.5 Å². The van der Waals surface area contributed by atoms with Crippen LogP contribution in [0.4, 0.5) is 0 Å². The predicted octanol–water partition coefficient (Wildman–Crippen LogP) is 12.9. The van der Waals surface area contributed by atoms with Gasteiger partial charge in [-0.25, -0.2) is 4.57 Å². The number of unbranched alkanes of at least 4 members (excludes halogenated alkanes) is 19. The highest BCUT2D eigenvalue weighted by molar-refractivity contribution is 7.47. The third kappa shape index (κ3) is 44.7. The molecule has 0 aliphatic heterocycles. The maximum Gasteiger partial charge on any atom is 0.472 e. The molecule has 2 atom stereocenters. The van der Waals surface area contributed by atoms with Crippen LogP contribution in [0.25, 0.3) is 0 Å². The summed E-state index contributed by atoms with van der Waals surface area (Å²) in [6, 6.07) is 0. The number of hydrogen-bond donors (Lipinski definition) is 3. The molecule has 0 aromatic heterocycles. The van der Waals surface area contributed by atoms with Crippen molar-refractivity contribution in [2.24, 2.45) is 0 Å². The molecular formula is C47H84NO8P. The van der Waals surface area contributed by atoms with Gasteiger partial charge in [-0.1, -0.05) is 158 Å². The molecule has 3 N–H and O–H groups in total. The smallest absolute Gasteiger partial charge is 0.463 e. The van der Waals surface area contributed by atoms with Crippen LogP contribution in [0, 0.1) is 0 Å². The van der Waals surface area contributed by atoms with E-state index in [2.05, 4.69) is 79.9 Å². The molecule has 0 bridgehead atoms. The largest absolute Gasteiger partial charge is 0.472 e. The zero-order valence-electron chi connectivity index (χ0n) is 36.3. The van der Waals surface area contributed by atoms with E-state index >= 15 is 0 Å². The summed E-state index contributed by atoms with van der Waals surface area (Å²) in [5.41, 5.74) is 0. The number of nitrogens with one attached hydrogen (secondary N) is 1. The second kappa shape index (κ2) is 43.3. The summed E-state index contributed by atoms with van der Waals surface area (Å²) >= 11 is 0. The highest BCUT2D eigenvalue weighted by Gasteiger charge is 2.23. The number of carbonyl (C=O) groups is 2. The first-order chi connectivity index (χ1) is 27.8. The summed E-state index contributed by atoms with van der Waals surface area (Å²) in [6.07, 6.45) is 51.5. The first-order valence-electron chi connectivity index (χ1n) is 22.8. The van der Waals surface area contributed by atoms with E-state index in [4.69, 9.17) is 13.8 Å². The van der Waals surface area contributed by atoms with Gasteiger partial charge in [-0.05, 0) is 83.5 Å². The molecule has 9 nitrogen and oxygen atoms in total. The number of aliphatic hydroxyl groups excluding tert-OH is 1. The number of rotatable bonds is 42. The minimum Gasteiger partial charge on any atom is -0.463 e. The monoisotopic (exact) mass is 822 g/mol. The molecular weight excluding hydrogens is 737 g/mol. The van der Waals surface area contributed by atoms with E-state index in [-0.39, 0.29) is 32.1 Å². The van der Waals surface area contributed by atoms with Gasteiger partial charge in [-0.2, -0.15) is 0 Å². The fourth-order valence-electron chi connectivity index (χ4n) is 5.95. The molecule has 330 valence electrons. The van der Waals surface area contributed by atoms with Crippen molar-refractivity contribution in [2.75, 3.05) is 26.4 Å². The van der Waals surface area contributed by atoms with Crippen LogP contribution in [0.2, 0.25) is 0 Å². The first-order valence-corrected chi connectivity index (χ1v) is 24.3. The van der Waals surface area contributed by atoms with Crippen LogP contribution in [0.5, 0.6) is 0 Å². The number of carbonyl (C=O) groups excluding carboxylic acids is 2. The van der Waals surface area contributed by atoms with E-state index in [0.717, 1.165) is 77.0 Å². The van der Waals surface area contributed by atoms with Gasteiger partial charge in [-0.3, -0.25) is 18.6 Å². The first kappa shape index (κ1) is 54.7. The maximum atomic E-state index is 12.1. The Kier molecular flexibility index (Phi) is 41.6. The third-order valence-electron chi connectivity index (χ3n) is 9.42. The molecule has 57 heavy (non-hydrogen) atoms. The van der Waals surface area contributed by atoms with E-state index in [9.17, 15) is 24.2 Å². The minimum atomic E-state index is -4.43. The number of phosphoric acid groups is 1. The number of amides is 1. The topological polar surface area (TPSA) is 131 Å². The Morgan fingerprint density at radius 3 is 1.49 bits per heavy atom. The van der Waals surface area contributed by atoms with Crippen molar-refractivity contribution in [3.63, 3.8) is 0 Å². The second-order valence-electron chi connectivity index (χ2n) is 15.0. The van der Waals surface area contributed by atoms with Crippen LogP contribution in [0.3, 0.4) is 0 Å². The van der Waals surface area contributed by atoms with Crippen molar-refractivity contribution in [3.05, 3.63) is 60.8 Å². The number of allylic oxidation sites excluding steroid dienone is 10.